The number of nitrogens with two attached hydrogens (primary N) is 1. The second-order valence-electron chi connectivity index (χ2n) is 4.52. The normalized spacial score (nSPS) is 21.1. The van der Waals surface area contributed by atoms with Gasteiger partial charge in [-0.05, 0) is 24.7 Å². The van der Waals surface area contributed by atoms with Crippen LogP contribution in [-0.4, -0.2) is 6.54 Å². The van der Waals surface area contributed by atoms with Crippen molar-refractivity contribution in [2.45, 2.75) is 46.0 Å². The molecule has 0 aromatic carbocycles. The number of hydrogen-bond acceptors (Lipinski definition) is 1. The second kappa shape index (κ2) is 5.43. The first-order chi connectivity index (χ1) is 6.24. The number of hydrogen-bond donors (Lipinski definition) is 1. The van der Waals surface area contributed by atoms with E-state index in [9.17, 15) is 0 Å². The highest BCUT2D eigenvalue weighted by Gasteiger charge is 2.16. The fraction of sp³-hybridized carbons (Fsp3) is 0.833. The summed E-state index contributed by atoms with van der Waals surface area (Å²) in [6.45, 7) is 5.24. The van der Waals surface area contributed by atoms with Crippen LogP contribution in [0.5, 0.6) is 0 Å². The monoisotopic (exact) mass is 181 g/mol. The van der Waals surface area contributed by atoms with Crippen LogP contribution in [-0.2, 0) is 0 Å². The highest BCUT2D eigenvalue weighted by molar-refractivity contribution is 5.10. The van der Waals surface area contributed by atoms with Gasteiger partial charge in [0.1, 0.15) is 0 Å². The van der Waals surface area contributed by atoms with Gasteiger partial charge in [-0.1, -0.05) is 44.8 Å². The summed E-state index contributed by atoms with van der Waals surface area (Å²) in [5, 5.41) is 0. The molecule has 0 amide bonds. The minimum atomic E-state index is 0.653. The van der Waals surface area contributed by atoms with Gasteiger partial charge in [-0.25, -0.2) is 0 Å². The van der Waals surface area contributed by atoms with Crippen LogP contribution >= 0.6 is 0 Å². The maximum absolute atomic E-state index is 5.78. The van der Waals surface area contributed by atoms with E-state index in [1.807, 2.05) is 0 Å². The summed E-state index contributed by atoms with van der Waals surface area (Å²) >= 11 is 0. The summed E-state index contributed by atoms with van der Waals surface area (Å²) in [5.41, 5.74) is 7.29. The third-order valence-corrected chi connectivity index (χ3v) is 2.91. The molecule has 0 heterocycles. The molecule has 0 aromatic heterocycles. The van der Waals surface area contributed by atoms with Gasteiger partial charge in [-0.3, -0.25) is 0 Å². The van der Waals surface area contributed by atoms with Crippen LogP contribution in [0.4, 0.5) is 0 Å². The molecule has 1 heteroatoms. The Balaban J connectivity index is 2.53. The van der Waals surface area contributed by atoms with Crippen LogP contribution in [0.2, 0.25) is 0 Å². The Morgan fingerprint density at radius 3 is 2.38 bits per heavy atom. The Morgan fingerprint density at radius 2 is 1.92 bits per heavy atom. The van der Waals surface area contributed by atoms with Crippen LogP contribution in [0.1, 0.15) is 46.0 Å². The Kier molecular flexibility index (Phi) is 4.51. The zero-order chi connectivity index (χ0) is 9.68. The van der Waals surface area contributed by atoms with Crippen molar-refractivity contribution in [2.24, 2.45) is 17.6 Å². The molecule has 0 spiro atoms. The molecule has 0 aliphatic heterocycles. The molecule has 0 saturated heterocycles. The number of allylic oxidation sites excluding steroid dienone is 1. The average Bonchev–Trinajstić information content (AvgIpc) is 2.15. The molecular formula is C12H23N. The van der Waals surface area contributed by atoms with Crippen molar-refractivity contribution < 1.29 is 0 Å². The van der Waals surface area contributed by atoms with E-state index in [-0.39, 0.29) is 0 Å². The molecule has 0 aromatic rings. The van der Waals surface area contributed by atoms with Gasteiger partial charge in [0.15, 0.2) is 0 Å². The van der Waals surface area contributed by atoms with Gasteiger partial charge in [0.05, 0.1) is 0 Å². The molecule has 1 rings (SSSR count). The third kappa shape index (κ3) is 3.51. The molecule has 1 aliphatic carbocycles. The average molecular weight is 181 g/mol. The zero-order valence-electron chi connectivity index (χ0n) is 9.05. The van der Waals surface area contributed by atoms with Gasteiger partial charge >= 0.3 is 0 Å². The third-order valence-electron chi connectivity index (χ3n) is 2.91. The van der Waals surface area contributed by atoms with E-state index < -0.39 is 0 Å². The van der Waals surface area contributed by atoms with Crippen LogP contribution in [0.3, 0.4) is 0 Å². The molecule has 0 unspecified atom stereocenters. The van der Waals surface area contributed by atoms with Crippen molar-refractivity contribution in [2.75, 3.05) is 6.54 Å². The quantitative estimate of drug-likeness (QED) is 0.665. The van der Waals surface area contributed by atoms with Gasteiger partial charge in [-0.15, -0.1) is 0 Å². The molecule has 13 heavy (non-hydrogen) atoms. The Labute approximate surface area is 82.4 Å². The second-order valence-corrected chi connectivity index (χ2v) is 4.52. The Hall–Kier alpha value is -0.300. The van der Waals surface area contributed by atoms with Gasteiger partial charge in [0.2, 0.25) is 0 Å². The molecular weight excluding hydrogens is 158 g/mol. The lowest BCUT2D eigenvalue weighted by Crippen LogP contribution is -2.16. The van der Waals surface area contributed by atoms with E-state index in [0.29, 0.717) is 5.92 Å². The largest absolute Gasteiger partial charge is 0.327 e. The highest BCUT2D eigenvalue weighted by Crippen LogP contribution is 2.29. The summed E-state index contributed by atoms with van der Waals surface area (Å²) in [6, 6.07) is 0. The smallest absolute Gasteiger partial charge is 0.0139 e. The SMILES string of the molecule is CC(C)C=C(CN)C1CCCCC1. The summed E-state index contributed by atoms with van der Waals surface area (Å²) in [6.07, 6.45) is 9.34. The first-order valence-electron chi connectivity index (χ1n) is 5.64. The summed E-state index contributed by atoms with van der Waals surface area (Å²) in [4.78, 5) is 0. The molecule has 0 radical (unpaired) electrons. The minimum Gasteiger partial charge on any atom is -0.327 e. The minimum absolute atomic E-state index is 0.653. The fourth-order valence-corrected chi connectivity index (χ4v) is 2.27. The zero-order valence-corrected chi connectivity index (χ0v) is 9.05. The predicted octanol–water partition coefficient (Wildman–Crippen LogP) is 3.11. The van der Waals surface area contributed by atoms with Crippen molar-refractivity contribution >= 4 is 0 Å². The van der Waals surface area contributed by atoms with Crippen LogP contribution in [0.15, 0.2) is 11.6 Å². The maximum Gasteiger partial charge on any atom is 0.0139 e. The molecule has 0 bridgehead atoms. The number of rotatable bonds is 3. The summed E-state index contributed by atoms with van der Waals surface area (Å²) in [5.74, 6) is 1.46. The Morgan fingerprint density at radius 1 is 1.31 bits per heavy atom. The summed E-state index contributed by atoms with van der Waals surface area (Å²) < 4.78 is 0. The van der Waals surface area contributed by atoms with E-state index in [4.69, 9.17) is 5.73 Å². The summed E-state index contributed by atoms with van der Waals surface area (Å²) in [7, 11) is 0. The van der Waals surface area contributed by atoms with E-state index in [0.717, 1.165) is 12.5 Å². The lowest BCUT2D eigenvalue weighted by molar-refractivity contribution is 0.397. The van der Waals surface area contributed by atoms with E-state index in [1.165, 1.54) is 37.7 Å². The topological polar surface area (TPSA) is 26.0 Å². The van der Waals surface area contributed by atoms with Crippen LogP contribution in [0, 0.1) is 11.8 Å². The molecule has 1 saturated carbocycles. The van der Waals surface area contributed by atoms with E-state index in [2.05, 4.69) is 19.9 Å². The molecule has 1 nitrogen and oxygen atoms in total. The molecule has 1 fully saturated rings. The van der Waals surface area contributed by atoms with Crippen molar-refractivity contribution in [3.63, 3.8) is 0 Å². The lowest BCUT2D eigenvalue weighted by Gasteiger charge is -2.24. The lowest BCUT2D eigenvalue weighted by atomic mass is 9.83. The van der Waals surface area contributed by atoms with Gasteiger partial charge < -0.3 is 5.73 Å². The molecule has 1 aliphatic rings. The van der Waals surface area contributed by atoms with Crippen LogP contribution in [0.25, 0.3) is 0 Å². The van der Waals surface area contributed by atoms with Crippen molar-refractivity contribution in [3.05, 3.63) is 11.6 Å². The standard InChI is InChI=1S/C12H23N/c1-10(2)8-12(9-13)11-6-4-3-5-7-11/h8,10-11H,3-7,9,13H2,1-2H3. The van der Waals surface area contributed by atoms with Gasteiger partial charge in [-0.2, -0.15) is 0 Å². The van der Waals surface area contributed by atoms with Gasteiger partial charge in [0, 0.05) is 6.54 Å². The molecule has 2 N–H and O–H groups in total. The molecule has 0 atom stereocenters. The van der Waals surface area contributed by atoms with Gasteiger partial charge in [0.25, 0.3) is 0 Å². The van der Waals surface area contributed by atoms with Crippen molar-refractivity contribution in [1.82, 2.24) is 0 Å². The van der Waals surface area contributed by atoms with E-state index >= 15 is 0 Å². The first-order valence-corrected chi connectivity index (χ1v) is 5.64. The predicted molar refractivity (Wildman–Crippen MR) is 58.6 cm³/mol. The highest BCUT2D eigenvalue weighted by atomic mass is 14.5. The maximum atomic E-state index is 5.78. The fourth-order valence-electron chi connectivity index (χ4n) is 2.27. The van der Waals surface area contributed by atoms with Crippen molar-refractivity contribution in [3.8, 4) is 0 Å². The molecule has 76 valence electrons. The van der Waals surface area contributed by atoms with E-state index in [1.54, 1.807) is 0 Å². The Bertz CT molecular complexity index is 164. The van der Waals surface area contributed by atoms with Crippen LogP contribution < -0.4 is 5.73 Å². The van der Waals surface area contributed by atoms with Crippen molar-refractivity contribution in [1.29, 1.82) is 0 Å². The first kappa shape index (κ1) is 10.8.